The average Bonchev–Trinajstić information content (AvgIpc) is 3.39. The Hall–Kier alpha value is -4.09. The van der Waals surface area contributed by atoms with Crippen molar-refractivity contribution < 1.29 is 17.2 Å². The molecule has 0 bridgehead atoms. The maximum absolute atomic E-state index is 13.5. The first-order chi connectivity index (χ1) is 17.8. The summed E-state index contributed by atoms with van der Waals surface area (Å²) in [6, 6.07) is 24.3. The number of nitrogens with zero attached hydrogens (tertiary/aromatic N) is 3. The van der Waals surface area contributed by atoms with Gasteiger partial charge < -0.3 is 5.32 Å². The van der Waals surface area contributed by atoms with E-state index in [4.69, 9.17) is 0 Å². The topological polar surface area (TPSA) is 110 Å². The number of carbonyl (C=O) groups excluding carboxylic acids is 1. The van der Waals surface area contributed by atoms with E-state index in [1.807, 2.05) is 30.3 Å². The number of benzene rings is 3. The average molecular weight is 535 g/mol. The number of imidazole rings is 1. The molecule has 11 heteroatoms. The third-order valence-corrected chi connectivity index (χ3v) is 8.80. The number of amides is 1. The maximum Gasteiger partial charge on any atom is 0.336 e. The maximum atomic E-state index is 13.5. The zero-order chi connectivity index (χ0) is 26.2. The monoisotopic (exact) mass is 534 g/mol. The second-order valence-corrected chi connectivity index (χ2v) is 11.1. The molecule has 37 heavy (non-hydrogen) atoms. The van der Waals surface area contributed by atoms with Gasteiger partial charge in [0.2, 0.25) is 5.91 Å². The van der Waals surface area contributed by atoms with E-state index in [-0.39, 0.29) is 27.1 Å². The van der Waals surface area contributed by atoms with Crippen LogP contribution in [0.3, 0.4) is 0 Å². The van der Waals surface area contributed by atoms with Crippen molar-refractivity contribution in [2.75, 3.05) is 11.1 Å². The van der Waals surface area contributed by atoms with Crippen molar-refractivity contribution in [1.82, 2.24) is 14.3 Å². The highest BCUT2D eigenvalue weighted by atomic mass is 32.2. The SMILES string of the molecule is Cc1c(NC(=O)CSc2[nH]c3ccccc3[n+]2S(=O)(=O)c2ccccc2)c(=O)n(-c2ccccc2)n1C. The molecule has 0 fully saturated rings. The molecule has 1 amide bonds. The van der Waals surface area contributed by atoms with E-state index in [0.717, 1.165) is 11.8 Å². The largest absolute Gasteiger partial charge is 0.336 e. The Kier molecular flexibility index (Phi) is 6.48. The van der Waals surface area contributed by atoms with E-state index in [1.54, 1.807) is 61.1 Å². The molecule has 0 atom stereocenters. The quantitative estimate of drug-likeness (QED) is 0.246. The number of para-hydroxylation sites is 3. The molecule has 0 unspecified atom stereocenters. The highest BCUT2D eigenvalue weighted by Gasteiger charge is 2.32. The summed E-state index contributed by atoms with van der Waals surface area (Å²) < 4.78 is 31.4. The van der Waals surface area contributed by atoms with Crippen LogP contribution in [0, 0.1) is 6.92 Å². The lowest BCUT2D eigenvalue weighted by Gasteiger charge is -2.07. The van der Waals surface area contributed by atoms with E-state index in [0.29, 0.717) is 22.4 Å². The molecule has 0 aliphatic carbocycles. The van der Waals surface area contributed by atoms with Crippen molar-refractivity contribution in [3.05, 3.63) is 101 Å². The van der Waals surface area contributed by atoms with Gasteiger partial charge in [-0.15, -0.1) is 3.97 Å². The van der Waals surface area contributed by atoms with Crippen LogP contribution in [0.15, 0.2) is 99.8 Å². The summed E-state index contributed by atoms with van der Waals surface area (Å²) in [5.74, 6) is -0.547. The van der Waals surface area contributed by atoms with Crippen molar-refractivity contribution in [2.45, 2.75) is 17.0 Å². The van der Waals surface area contributed by atoms with Crippen molar-refractivity contribution in [3.63, 3.8) is 0 Å². The number of aromatic nitrogens is 4. The lowest BCUT2D eigenvalue weighted by atomic mass is 10.3. The van der Waals surface area contributed by atoms with Gasteiger partial charge in [0.05, 0.1) is 17.1 Å². The fourth-order valence-electron chi connectivity index (χ4n) is 4.08. The summed E-state index contributed by atoms with van der Waals surface area (Å²) in [6.07, 6.45) is 0. The molecule has 0 aliphatic heterocycles. The first-order valence-corrected chi connectivity index (χ1v) is 13.8. The fraction of sp³-hybridized carbons (Fsp3) is 0.115. The van der Waals surface area contributed by atoms with E-state index in [9.17, 15) is 18.0 Å². The van der Waals surface area contributed by atoms with Gasteiger partial charge in [0.1, 0.15) is 10.6 Å². The van der Waals surface area contributed by atoms with Crippen LogP contribution in [0.1, 0.15) is 5.69 Å². The van der Waals surface area contributed by atoms with Gasteiger partial charge >= 0.3 is 15.2 Å². The van der Waals surface area contributed by atoms with E-state index in [2.05, 4.69) is 10.3 Å². The van der Waals surface area contributed by atoms with Gasteiger partial charge in [0.15, 0.2) is 11.0 Å². The normalized spacial score (nSPS) is 11.6. The molecule has 2 aromatic heterocycles. The van der Waals surface area contributed by atoms with Gasteiger partial charge in [-0.2, -0.15) is 8.42 Å². The number of aromatic amines is 1. The zero-order valence-electron chi connectivity index (χ0n) is 20.1. The summed E-state index contributed by atoms with van der Waals surface area (Å²) in [4.78, 5) is 29.3. The van der Waals surface area contributed by atoms with Gasteiger partial charge in [-0.25, -0.2) is 9.67 Å². The van der Waals surface area contributed by atoms with Crippen LogP contribution < -0.4 is 14.8 Å². The third-order valence-electron chi connectivity index (χ3n) is 5.99. The number of hydrogen-bond acceptors (Lipinski definition) is 5. The predicted molar refractivity (Wildman–Crippen MR) is 143 cm³/mol. The molecule has 5 rings (SSSR count). The molecule has 188 valence electrons. The van der Waals surface area contributed by atoms with Crippen LogP contribution in [-0.2, 0) is 21.9 Å². The lowest BCUT2D eigenvalue weighted by molar-refractivity contribution is -0.526. The zero-order valence-corrected chi connectivity index (χ0v) is 21.7. The van der Waals surface area contributed by atoms with E-state index < -0.39 is 15.9 Å². The van der Waals surface area contributed by atoms with Crippen LogP contribution in [0.25, 0.3) is 16.7 Å². The van der Waals surface area contributed by atoms with Crippen LogP contribution >= 0.6 is 11.8 Å². The minimum Gasteiger partial charge on any atom is -0.319 e. The Bertz CT molecular complexity index is 1770. The molecule has 2 heterocycles. The summed E-state index contributed by atoms with van der Waals surface area (Å²) in [5.41, 5.74) is 2.20. The smallest absolute Gasteiger partial charge is 0.319 e. The molecule has 0 saturated carbocycles. The van der Waals surface area contributed by atoms with Crippen molar-refractivity contribution >= 4 is 44.4 Å². The molecular weight excluding hydrogens is 510 g/mol. The van der Waals surface area contributed by atoms with Crippen LogP contribution in [0.5, 0.6) is 0 Å². The van der Waals surface area contributed by atoms with Crippen molar-refractivity contribution in [3.8, 4) is 5.69 Å². The molecule has 2 N–H and O–H groups in total. The summed E-state index contributed by atoms with van der Waals surface area (Å²) in [6.45, 7) is 1.75. The highest BCUT2D eigenvalue weighted by Crippen LogP contribution is 2.22. The number of hydrogen-bond donors (Lipinski definition) is 2. The Morgan fingerprint density at radius 2 is 1.59 bits per heavy atom. The molecule has 0 radical (unpaired) electrons. The predicted octanol–water partition coefficient (Wildman–Crippen LogP) is 3.22. The van der Waals surface area contributed by atoms with Gasteiger partial charge in [0, 0.05) is 7.05 Å². The Morgan fingerprint density at radius 1 is 0.973 bits per heavy atom. The van der Waals surface area contributed by atoms with Gasteiger partial charge in [0.25, 0.3) is 5.56 Å². The first-order valence-electron chi connectivity index (χ1n) is 11.4. The molecule has 0 saturated heterocycles. The Balaban J connectivity index is 1.44. The van der Waals surface area contributed by atoms with Crippen LogP contribution in [0.4, 0.5) is 5.69 Å². The second kappa shape index (κ2) is 9.75. The Morgan fingerprint density at radius 3 is 2.30 bits per heavy atom. The number of fused-ring (bicyclic) bond motifs is 1. The second-order valence-electron chi connectivity index (χ2n) is 8.30. The standard InChI is InChI=1S/C26H23N5O4S2/c1-18-24(25(33)30(29(18)2)19-11-5-3-6-12-19)28-23(32)17-36-26-27-21-15-9-10-16-22(21)31(26)37(34,35)20-13-7-4-8-14-20/h3-16H,17H2,1-2H3,(H,28,32)/p+1. The van der Waals surface area contributed by atoms with Crippen molar-refractivity contribution in [2.24, 2.45) is 7.05 Å². The first kappa shape index (κ1) is 24.6. The van der Waals surface area contributed by atoms with E-state index >= 15 is 0 Å². The molecule has 3 aromatic carbocycles. The van der Waals surface area contributed by atoms with Crippen molar-refractivity contribution in [1.29, 1.82) is 0 Å². The van der Waals surface area contributed by atoms with Gasteiger partial charge in [-0.3, -0.25) is 14.3 Å². The number of anilines is 1. The number of thioether (sulfide) groups is 1. The van der Waals surface area contributed by atoms with Crippen LogP contribution in [-0.4, -0.2) is 34.4 Å². The van der Waals surface area contributed by atoms with E-state index in [1.165, 1.54) is 20.8 Å². The Labute approximate surface area is 217 Å². The number of rotatable bonds is 7. The molecule has 5 aromatic rings. The number of H-pyrrole nitrogens is 1. The number of nitrogens with one attached hydrogen (secondary N) is 2. The minimum absolute atomic E-state index is 0.115. The third kappa shape index (κ3) is 4.47. The number of carbonyl (C=O) groups is 1. The summed E-state index contributed by atoms with van der Waals surface area (Å²) in [7, 11) is -2.18. The summed E-state index contributed by atoms with van der Waals surface area (Å²) >= 11 is 1.04. The van der Waals surface area contributed by atoms with Gasteiger partial charge in [-0.05, 0) is 55.1 Å². The lowest BCUT2D eigenvalue weighted by Crippen LogP contribution is -2.44. The summed E-state index contributed by atoms with van der Waals surface area (Å²) in [5, 5.41) is 3.00. The highest BCUT2D eigenvalue weighted by molar-refractivity contribution is 8.00. The molecule has 0 aliphatic rings. The van der Waals surface area contributed by atoms with Gasteiger partial charge in [-0.1, -0.05) is 48.5 Å². The molecule has 0 spiro atoms. The minimum atomic E-state index is -3.93. The van der Waals surface area contributed by atoms with Crippen LogP contribution in [0.2, 0.25) is 0 Å². The molecular formula is C26H24N5O4S2+. The molecule has 9 nitrogen and oxygen atoms in total. The fourth-order valence-corrected chi connectivity index (χ4v) is 6.67.